The molecule has 0 radical (unpaired) electrons. The Morgan fingerprint density at radius 2 is 2.09 bits per heavy atom. The van der Waals surface area contributed by atoms with Gasteiger partial charge in [-0.15, -0.1) is 0 Å². The van der Waals surface area contributed by atoms with Crippen molar-refractivity contribution in [1.29, 1.82) is 0 Å². The van der Waals surface area contributed by atoms with Crippen molar-refractivity contribution in [3.05, 3.63) is 36.5 Å². The van der Waals surface area contributed by atoms with Crippen LogP contribution in [0, 0.1) is 22.7 Å². The number of rotatable bonds is 4. The minimum atomic E-state index is -0.618. The van der Waals surface area contributed by atoms with E-state index in [9.17, 15) is 9.90 Å². The minimum Gasteiger partial charge on any atom is -0.481 e. The van der Waals surface area contributed by atoms with Gasteiger partial charge in [-0.05, 0) is 63.2 Å². The highest BCUT2D eigenvalue weighted by Gasteiger charge is 2.57. The molecule has 0 amide bonds. The number of carbonyl (C=O) groups is 1. The number of hydrogen-bond donors (Lipinski definition) is 1. The second-order valence-corrected chi connectivity index (χ2v) is 7.77. The maximum atomic E-state index is 11.9. The van der Waals surface area contributed by atoms with Crippen LogP contribution in [0.15, 0.2) is 36.5 Å². The lowest BCUT2D eigenvalue weighted by atomic mass is 9.46. The van der Waals surface area contributed by atoms with Crippen LogP contribution in [0.1, 0.15) is 59.3 Å². The summed E-state index contributed by atoms with van der Waals surface area (Å²) in [6.07, 6.45) is 9.95. The van der Waals surface area contributed by atoms with Crippen molar-refractivity contribution in [2.45, 2.75) is 59.3 Å². The van der Waals surface area contributed by atoms with Crippen LogP contribution in [0.25, 0.3) is 0 Å². The number of carboxylic acid groups (broad SMARTS) is 1. The molecule has 0 aromatic carbocycles. The Bertz CT molecular complexity index is 516. The number of allylic oxidation sites excluding steroid dienone is 4. The summed E-state index contributed by atoms with van der Waals surface area (Å²) in [5, 5.41) is 9.81. The van der Waals surface area contributed by atoms with Gasteiger partial charge in [0.15, 0.2) is 0 Å². The first-order chi connectivity index (χ1) is 10.3. The van der Waals surface area contributed by atoms with Gasteiger partial charge in [0.25, 0.3) is 0 Å². The summed E-state index contributed by atoms with van der Waals surface area (Å²) < 4.78 is 0. The lowest BCUT2D eigenvalue weighted by molar-refractivity contribution is -0.164. The third kappa shape index (κ3) is 2.68. The molecule has 0 saturated heterocycles. The van der Waals surface area contributed by atoms with E-state index in [1.165, 1.54) is 11.1 Å². The average Bonchev–Trinajstić information content (AvgIpc) is 2.45. The SMILES string of the molecule is C=C/C(C)=C/C[C@H]1C(=C)CCC2[C@](C)(C(=O)O)CCC[C@@]21C. The summed E-state index contributed by atoms with van der Waals surface area (Å²) in [6.45, 7) is 14.5. The van der Waals surface area contributed by atoms with Gasteiger partial charge in [-0.2, -0.15) is 0 Å². The zero-order valence-corrected chi connectivity index (χ0v) is 14.3. The molecule has 2 nitrogen and oxygen atoms in total. The molecule has 22 heavy (non-hydrogen) atoms. The Hall–Kier alpha value is -1.31. The molecule has 0 heterocycles. The topological polar surface area (TPSA) is 37.3 Å². The summed E-state index contributed by atoms with van der Waals surface area (Å²) in [5.41, 5.74) is 1.97. The minimum absolute atomic E-state index is 0.0542. The van der Waals surface area contributed by atoms with Gasteiger partial charge in [0, 0.05) is 0 Å². The predicted molar refractivity (Wildman–Crippen MR) is 91.6 cm³/mol. The van der Waals surface area contributed by atoms with Crippen LogP contribution in [0.4, 0.5) is 0 Å². The van der Waals surface area contributed by atoms with Crippen molar-refractivity contribution in [3.63, 3.8) is 0 Å². The van der Waals surface area contributed by atoms with E-state index in [2.05, 4.69) is 33.1 Å². The Labute approximate surface area is 135 Å². The van der Waals surface area contributed by atoms with Crippen LogP contribution in [0.5, 0.6) is 0 Å². The second-order valence-electron chi connectivity index (χ2n) is 7.77. The summed E-state index contributed by atoms with van der Waals surface area (Å²) in [7, 11) is 0. The van der Waals surface area contributed by atoms with E-state index < -0.39 is 11.4 Å². The van der Waals surface area contributed by atoms with E-state index >= 15 is 0 Å². The van der Waals surface area contributed by atoms with Crippen molar-refractivity contribution in [1.82, 2.24) is 0 Å². The van der Waals surface area contributed by atoms with Crippen molar-refractivity contribution in [3.8, 4) is 0 Å². The number of aliphatic carboxylic acids is 1. The summed E-state index contributed by atoms with van der Waals surface area (Å²) >= 11 is 0. The van der Waals surface area contributed by atoms with E-state index in [1.807, 2.05) is 13.0 Å². The third-order valence-electron chi connectivity index (χ3n) is 6.51. The van der Waals surface area contributed by atoms with Gasteiger partial charge in [-0.25, -0.2) is 0 Å². The van der Waals surface area contributed by atoms with Crippen molar-refractivity contribution in [2.75, 3.05) is 0 Å². The smallest absolute Gasteiger partial charge is 0.309 e. The van der Waals surface area contributed by atoms with Gasteiger partial charge >= 0.3 is 5.97 Å². The summed E-state index contributed by atoms with van der Waals surface area (Å²) in [6, 6.07) is 0. The van der Waals surface area contributed by atoms with Crippen LogP contribution in [0.3, 0.4) is 0 Å². The molecular weight excluding hydrogens is 272 g/mol. The quantitative estimate of drug-likeness (QED) is 0.559. The predicted octanol–water partition coefficient (Wildman–Crippen LogP) is 5.37. The van der Waals surface area contributed by atoms with Crippen molar-refractivity contribution >= 4 is 5.97 Å². The molecule has 2 heteroatoms. The fourth-order valence-corrected chi connectivity index (χ4v) is 5.03. The van der Waals surface area contributed by atoms with Crippen LogP contribution < -0.4 is 0 Å². The van der Waals surface area contributed by atoms with Crippen LogP contribution in [-0.4, -0.2) is 11.1 Å². The van der Waals surface area contributed by atoms with E-state index in [0.717, 1.165) is 38.5 Å². The van der Waals surface area contributed by atoms with Crippen LogP contribution in [-0.2, 0) is 4.79 Å². The number of hydrogen-bond acceptors (Lipinski definition) is 1. The molecule has 0 bridgehead atoms. The van der Waals surface area contributed by atoms with Gasteiger partial charge < -0.3 is 5.11 Å². The molecule has 0 aromatic rings. The first-order valence-electron chi connectivity index (χ1n) is 8.46. The zero-order chi connectivity index (χ0) is 16.5. The van der Waals surface area contributed by atoms with E-state index in [0.29, 0.717) is 5.92 Å². The fourth-order valence-electron chi connectivity index (χ4n) is 5.03. The lowest BCUT2D eigenvalue weighted by Gasteiger charge is -2.57. The van der Waals surface area contributed by atoms with Gasteiger partial charge in [0.2, 0.25) is 0 Å². The molecule has 0 aliphatic heterocycles. The molecule has 122 valence electrons. The Balaban J connectivity index is 2.36. The standard InChI is InChI=1S/C20H30O2/c1-6-14(2)8-10-16-15(3)9-11-17-19(16,4)12-7-13-20(17,5)18(21)22/h6,8,16-17H,1,3,7,9-13H2,2,4-5H3,(H,21,22)/b14-8+/t16-,17?,19+,20+/m0/s1. The maximum Gasteiger partial charge on any atom is 0.309 e. The van der Waals surface area contributed by atoms with E-state index in [1.54, 1.807) is 0 Å². The highest BCUT2D eigenvalue weighted by Crippen LogP contribution is 2.61. The van der Waals surface area contributed by atoms with E-state index in [-0.39, 0.29) is 11.3 Å². The van der Waals surface area contributed by atoms with Crippen LogP contribution >= 0.6 is 0 Å². The Kier molecular flexibility index (Phi) is 4.70. The van der Waals surface area contributed by atoms with Crippen molar-refractivity contribution in [2.24, 2.45) is 22.7 Å². The molecule has 2 aliphatic carbocycles. The molecule has 1 unspecified atom stereocenters. The molecule has 2 saturated carbocycles. The molecule has 2 rings (SSSR count). The normalized spacial score (nSPS) is 39.2. The first kappa shape index (κ1) is 17.1. The molecule has 2 aliphatic rings. The monoisotopic (exact) mass is 302 g/mol. The average molecular weight is 302 g/mol. The lowest BCUT2D eigenvalue weighted by Crippen LogP contribution is -2.53. The first-order valence-corrected chi connectivity index (χ1v) is 8.46. The summed E-state index contributed by atoms with van der Waals surface area (Å²) in [5.74, 6) is 0.0202. The molecular formula is C20H30O2. The Morgan fingerprint density at radius 3 is 2.68 bits per heavy atom. The maximum absolute atomic E-state index is 11.9. The summed E-state index contributed by atoms with van der Waals surface area (Å²) in [4.78, 5) is 11.9. The molecule has 4 atom stereocenters. The largest absolute Gasteiger partial charge is 0.481 e. The van der Waals surface area contributed by atoms with Gasteiger partial charge in [0.1, 0.15) is 0 Å². The highest BCUT2D eigenvalue weighted by molar-refractivity contribution is 5.75. The van der Waals surface area contributed by atoms with Gasteiger partial charge in [-0.1, -0.05) is 49.8 Å². The molecule has 2 fully saturated rings. The third-order valence-corrected chi connectivity index (χ3v) is 6.51. The fraction of sp³-hybridized carbons (Fsp3) is 0.650. The van der Waals surface area contributed by atoms with Gasteiger partial charge in [-0.3, -0.25) is 4.79 Å². The number of fused-ring (bicyclic) bond motifs is 1. The molecule has 0 spiro atoms. The molecule has 1 N–H and O–H groups in total. The Morgan fingerprint density at radius 1 is 1.41 bits per heavy atom. The van der Waals surface area contributed by atoms with Crippen molar-refractivity contribution < 1.29 is 9.90 Å². The van der Waals surface area contributed by atoms with E-state index in [4.69, 9.17) is 0 Å². The zero-order valence-electron chi connectivity index (χ0n) is 14.3. The molecule has 0 aromatic heterocycles. The van der Waals surface area contributed by atoms with Gasteiger partial charge in [0.05, 0.1) is 5.41 Å². The van der Waals surface area contributed by atoms with Crippen LogP contribution in [0.2, 0.25) is 0 Å². The second kappa shape index (κ2) is 6.06. The highest BCUT2D eigenvalue weighted by atomic mass is 16.4. The number of carboxylic acids is 1.